The molecule has 0 aliphatic carbocycles. The summed E-state index contributed by atoms with van der Waals surface area (Å²) in [4.78, 5) is 0. The lowest BCUT2D eigenvalue weighted by molar-refractivity contribution is 0.414. The van der Waals surface area contributed by atoms with Crippen molar-refractivity contribution < 1.29 is 9.29 Å². The summed E-state index contributed by atoms with van der Waals surface area (Å²) in [5.41, 5.74) is 1.23. The number of hydrogen-bond donors (Lipinski definition) is 0. The van der Waals surface area contributed by atoms with Crippen LogP contribution in [0.4, 0.5) is 0 Å². The first kappa shape index (κ1) is 14.7. The largest absolute Gasteiger partial charge is 0.597 e. The highest BCUT2D eigenvalue weighted by molar-refractivity contribution is 7.90. The number of nitrogens with zero attached hydrogens (tertiary/aromatic N) is 1. The molecule has 1 aromatic carbocycles. The SMILES string of the molecule is CC[C@H]1[C@H](c2ccc(OC)cc2)N1[S+]([O-])C(C)(C)C. The zero-order valence-electron chi connectivity index (χ0n) is 12.3. The van der Waals surface area contributed by atoms with Gasteiger partial charge in [0.2, 0.25) is 0 Å². The van der Waals surface area contributed by atoms with E-state index in [2.05, 4.69) is 23.4 Å². The molecule has 19 heavy (non-hydrogen) atoms. The minimum absolute atomic E-state index is 0.200. The zero-order chi connectivity index (χ0) is 14.2. The molecular formula is C15H23NO2S. The summed E-state index contributed by atoms with van der Waals surface area (Å²) in [7, 11) is 1.67. The van der Waals surface area contributed by atoms with E-state index in [9.17, 15) is 4.55 Å². The second-order valence-electron chi connectivity index (χ2n) is 5.92. The van der Waals surface area contributed by atoms with E-state index in [4.69, 9.17) is 4.74 Å². The van der Waals surface area contributed by atoms with Gasteiger partial charge in [0.15, 0.2) is 0 Å². The maximum atomic E-state index is 12.5. The van der Waals surface area contributed by atoms with Crippen LogP contribution in [0.15, 0.2) is 24.3 Å². The molecule has 2 unspecified atom stereocenters. The fourth-order valence-electron chi connectivity index (χ4n) is 2.37. The third kappa shape index (κ3) is 2.91. The van der Waals surface area contributed by atoms with Crippen LogP contribution in [0.2, 0.25) is 0 Å². The fraction of sp³-hybridized carbons (Fsp3) is 0.600. The summed E-state index contributed by atoms with van der Waals surface area (Å²) in [6, 6.07) is 8.78. The first-order valence-electron chi connectivity index (χ1n) is 6.74. The first-order valence-corrected chi connectivity index (χ1v) is 7.85. The average molecular weight is 281 g/mol. The van der Waals surface area contributed by atoms with Crippen molar-refractivity contribution in [3.8, 4) is 5.75 Å². The number of ether oxygens (including phenoxy) is 1. The molecule has 0 spiro atoms. The molecule has 4 heteroatoms. The first-order chi connectivity index (χ1) is 8.90. The maximum Gasteiger partial charge on any atom is 0.137 e. The van der Waals surface area contributed by atoms with Gasteiger partial charge in [-0.3, -0.25) is 0 Å². The van der Waals surface area contributed by atoms with E-state index >= 15 is 0 Å². The van der Waals surface area contributed by atoms with Gasteiger partial charge in [-0.25, -0.2) is 0 Å². The van der Waals surface area contributed by atoms with Gasteiger partial charge in [0.25, 0.3) is 0 Å². The van der Waals surface area contributed by atoms with Crippen molar-refractivity contribution in [1.82, 2.24) is 4.31 Å². The average Bonchev–Trinajstić information content (AvgIpc) is 3.11. The fourth-order valence-corrected chi connectivity index (χ4v) is 3.93. The van der Waals surface area contributed by atoms with E-state index in [-0.39, 0.29) is 10.8 Å². The van der Waals surface area contributed by atoms with Crippen molar-refractivity contribution in [3.63, 3.8) is 0 Å². The van der Waals surface area contributed by atoms with Crippen molar-refractivity contribution >= 4 is 11.4 Å². The van der Waals surface area contributed by atoms with Crippen LogP contribution in [0.25, 0.3) is 0 Å². The highest BCUT2D eigenvalue weighted by Gasteiger charge is 2.58. The van der Waals surface area contributed by atoms with E-state index in [1.165, 1.54) is 5.56 Å². The summed E-state index contributed by atoms with van der Waals surface area (Å²) >= 11 is -0.944. The highest BCUT2D eigenvalue weighted by atomic mass is 32.2. The molecule has 3 nitrogen and oxygen atoms in total. The van der Waals surface area contributed by atoms with Crippen LogP contribution >= 0.6 is 0 Å². The third-order valence-corrected chi connectivity index (χ3v) is 5.40. The molecule has 1 fully saturated rings. The van der Waals surface area contributed by atoms with Gasteiger partial charge in [-0.2, -0.15) is 0 Å². The molecule has 0 N–H and O–H groups in total. The molecule has 0 radical (unpaired) electrons. The van der Waals surface area contributed by atoms with Crippen molar-refractivity contribution in [3.05, 3.63) is 29.8 Å². The van der Waals surface area contributed by atoms with Crippen LogP contribution in [-0.4, -0.2) is 26.8 Å². The predicted octanol–water partition coefficient (Wildman–Crippen LogP) is 3.29. The molecule has 1 aliphatic heterocycles. The topological polar surface area (TPSA) is 35.3 Å². The molecule has 0 saturated carbocycles. The van der Waals surface area contributed by atoms with Gasteiger partial charge in [0.05, 0.1) is 13.2 Å². The lowest BCUT2D eigenvalue weighted by Gasteiger charge is -2.24. The smallest absolute Gasteiger partial charge is 0.137 e. The molecular weight excluding hydrogens is 258 g/mol. The second-order valence-corrected chi connectivity index (χ2v) is 8.06. The van der Waals surface area contributed by atoms with Gasteiger partial charge >= 0.3 is 0 Å². The monoisotopic (exact) mass is 281 g/mol. The summed E-state index contributed by atoms with van der Waals surface area (Å²) in [6.45, 7) is 8.23. The quantitative estimate of drug-likeness (QED) is 0.627. The van der Waals surface area contributed by atoms with Gasteiger partial charge in [-0.1, -0.05) is 19.1 Å². The standard InChI is InChI=1S/C15H23NO2S/c1-6-13-14(16(13)19(17)15(2,3)4)11-7-9-12(18-5)10-8-11/h7-10,13-14H,6H2,1-5H3/t13-,14-,16?,19?/m0/s1. The normalized spacial score (nSPS) is 28.0. The van der Waals surface area contributed by atoms with Crippen molar-refractivity contribution in [1.29, 1.82) is 0 Å². The maximum absolute atomic E-state index is 12.5. The van der Waals surface area contributed by atoms with Crippen LogP contribution in [0.1, 0.15) is 45.7 Å². The Balaban J connectivity index is 2.16. The molecule has 1 saturated heterocycles. The zero-order valence-corrected chi connectivity index (χ0v) is 13.2. The van der Waals surface area contributed by atoms with E-state index < -0.39 is 11.4 Å². The molecule has 1 aliphatic rings. The minimum Gasteiger partial charge on any atom is -0.597 e. The van der Waals surface area contributed by atoms with Crippen molar-refractivity contribution in [2.75, 3.05) is 7.11 Å². The Bertz CT molecular complexity index is 427. The number of rotatable bonds is 4. The molecule has 2 rings (SSSR count). The van der Waals surface area contributed by atoms with Gasteiger partial charge in [0, 0.05) is 11.4 Å². The molecule has 1 heterocycles. The lowest BCUT2D eigenvalue weighted by Crippen LogP contribution is -2.34. The second kappa shape index (κ2) is 5.35. The number of benzene rings is 1. The van der Waals surface area contributed by atoms with Crippen LogP contribution in [0.5, 0.6) is 5.75 Å². The lowest BCUT2D eigenvalue weighted by atomic mass is 10.1. The van der Waals surface area contributed by atoms with E-state index in [1.54, 1.807) is 7.11 Å². The molecule has 0 bridgehead atoms. The number of hydrogen-bond acceptors (Lipinski definition) is 3. The minimum atomic E-state index is -0.944. The molecule has 4 atom stereocenters. The summed E-state index contributed by atoms with van der Waals surface area (Å²) in [5.74, 6) is 0.862. The van der Waals surface area contributed by atoms with E-state index in [0.29, 0.717) is 6.04 Å². The Morgan fingerprint density at radius 1 is 1.26 bits per heavy atom. The summed E-state index contributed by atoms with van der Waals surface area (Å²) in [6.07, 6.45) is 1.03. The highest BCUT2D eigenvalue weighted by Crippen LogP contribution is 2.50. The molecule has 0 amide bonds. The molecule has 106 valence electrons. The van der Waals surface area contributed by atoms with Crippen molar-refractivity contribution in [2.24, 2.45) is 0 Å². The Morgan fingerprint density at radius 3 is 2.26 bits per heavy atom. The predicted molar refractivity (Wildman–Crippen MR) is 79.5 cm³/mol. The van der Waals surface area contributed by atoms with Crippen LogP contribution in [0.3, 0.4) is 0 Å². The number of methoxy groups -OCH3 is 1. The van der Waals surface area contributed by atoms with E-state index in [0.717, 1.165) is 12.2 Å². The third-order valence-electron chi connectivity index (χ3n) is 3.47. The van der Waals surface area contributed by atoms with Crippen LogP contribution < -0.4 is 4.74 Å². The van der Waals surface area contributed by atoms with Gasteiger partial charge in [0.1, 0.15) is 16.5 Å². The van der Waals surface area contributed by atoms with Gasteiger partial charge in [-0.15, -0.1) is 4.31 Å². The Morgan fingerprint density at radius 2 is 1.84 bits per heavy atom. The Hall–Kier alpha value is -0.710. The van der Waals surface area contributed by atoms with Gasteiger partial charge < -0.3 is 9.29 Å². The van der Waals surface area contributed by atoms with E-state index in [1.807, 2.05) is 32.9 Å². The molecule has 1 aromatic rings. The van der Waals surface area contributed by atoms with Crippen molar-refractivity contribution in [2.45, 2.75) is 50.9 Å². The Kier molecular flexibility index (Phi) is 4.14. The molecule has 0 aromatic heterocycles. The Labute approximate surface area is 119 Å². The van der Waals surface area contributed by atoms with Crippen LogP contribution in [-0.2, 0) is 11.4 Å². The van der Waals surface area contributed by atoms with Gasteiger partial charge in [-0.05, 0) is 44.9 Å². The summed E-state index contributed by atoms with van der Waals surface area (Å²) < 4.78 is 19.6. The van der Waals surface area contributed by atoms with Crippen LogP contribution in [0, 0.1) is 0 Å². The summed E-state index contributed by atoms with van der Waals surface area (Å²) in [5, 5.41) is 0.